The normalized spacial score (nSPS) is 13.8. The smallest absolute Gasteiger partial charge is 0.164 e. The monoisotopic (exact) mass is 571 g/mol. The van der Waals surface area contributed by atoms with Gasteiger partial charge in [0.25, 0.3) is 0 Å². The summed E-state index contributed by atoms with van der Waals surface area (Å²) in [6.45, 7) is 0. The van der Waals surface area contributed by atoms with Gasteiger partial charge in [-0.1, -0.05) is 121 Å². The molecule has 43 heavy (non-hydrogen) atoms. The molecule has 0 atom stereocenters. The Morgan fingerprint density at radius 3 is 1.58 bits per heavy atom. The predicted molar refractivity (Wildman–Crippen MR) is 180 cm³/mol. The van der Waals surface area contributed by atoms with E-state index in [1.165, 1.54) is 37.3 Å². The zero-order valence-electron chi connectivity index (χ0n) is 24.0. The zero-order chi connectivity index (χ0) is 29.0. The molecule has 0 unspecified atom stereocenters. The van der Waals surface area contributed by atoms with Crippen LogP contribution in [0.4, 0.5) is 0 Å². The summed E-state index contributed by atoms with van der Waals surface area (Å²) < 4.78 is 0. The molecule has 1 aromatic heterocycles. The van der Waals surface area contributed by atoms with Gasteiger partial charge in [0.2, 0.25) is 0 Å². The van der Waals surface area contributed by atoms with Crippen molar-refractivity contribution in [2.75, 3.05) is 12.5 Å². The van der Waals surface area contributed by atoms with Crippen molar-refractivity contribution >= 4 is 20.8 Å². The fraction of sp³-hybridized carbons (Fsp3) is 0.0513. The van der Waals surface area contributed by atoms with Crippen LogP contribution in [0.5, 0.6) is 0 Å². The summed E-state index contributed by atoms with van der Waals surface area (Å²) in [5.74, 6) is 2.04. The molecule has 0 N–H and O–H groups in total. The van der Waals surface area contributed by atoms with Gasteiger partial charge in [0.15, 0.2) is 17.5 Å². The van der Waals surface area contributed by atoms with E-state index in [4.69, 9.17) is 15.0 Å². The first-order valence-electron chi connectivity index (χ1n) is 14.4. The van der Waals surface area contributed by atoms with E-state index in [1.807, 2.05) is 24.3 Å². The third kappa shape index (κ3) is 4.34. The lowest BCUT2D eigenvalue weighted by atomic mass is 9.96. The minimum absolute atomic E-state index is 0.671. The number of benzene rings is 6. The van der Waals surface area contributed by atoms with Gasteiger partial charge in [-0.3, -0.25) is 0 Å². The molecule has 1 aliphatic rings. The fourth-order valence-electron chi connectivity index (χ4n) is 6.16. The maximum atomic E-state index is 5.15. The molecule has 2 heterocycles. The molecule has 6 aromatic carbocycles. The summed E-state index contributed by atoms with van der Waals surface area (Å²) in [4.78, 5) is 18.1. The molecule has 4 heteroatoms. The zero-order valence-corrected chi connectivity index (χ0v) is 24.8. The summed E-state index contributed by atoms with van der Waals surface area (Å²) in [6, 6.07) is 49.2. The van der Waals surface area contributed by atoms with E-state index in [9.17, 15) is 0 Å². The van der Waals surface area contributed by atoms with Gasteiger partial charge in [-0.05, 0) is 58.2 Å². The van der Waals surface area contributed by atoms with Crippen LogP contribution in [0.1, 0.15) is 0 Å². The van der Waals surface area contributed by atoms with Crippen molar-refractivity contribution in [3.63, 3.8) is 0 Å². The van der Waals surface area contributed by atoms with Crippen LogP contribution >= 0.6 is 10.0 Å². The number of rotatable bonds is 4. The molecular weight excluding hydrogens is 543 g/mol. The van der Waals surface area contributed by atoms with Crippen LogP contribution in [0.2, 0.25) is 0 Å². The Balaban J connectivity index is 1.33. The average molecular weight is 572 g/mol. The molecule has 206 valence electrons. The van der Waals surface area contributed by atoms with Gasteiger partial charge >= 0.3 is 0 Å². The van der Waals surface area contributed by atoms with Crippen LogP contribution < -0.4 is 0 Å². The second kappa shape index (κ2) is 10.0. The average Bonchev–Trinajstić information content (AvgIpc) is 3.30. The van der Waals surface area contributed by atoms with E-state index in [2.05, 4.69) is 128 Å². The SMILES string of the molecule is CS1(C)c2cc3ccccc3cc2-c2c(-c3nc(-c4ccccc4)nc(-c4ccc(-c5ccccc5)cc4)n3)cccc21. The largest absolute Gasteiger partial charge is 0.208 e. The molecular formula is C39H29N3S. The van der Waals surface area contributed by atoms with Gasteiger partial charge < -0.3 is 0 Å². The molecule has 0 aliphatic carbocycles. The number of aromatic nitrogens is 3. The lowest BCUT2D eigenvalue weighted by Crippen LogP contribution is -2.01. The van der Waals surface area contributed by atoms with Crippen LogP contribution in [0.3, 0.4) is 0 Å². The number of nitrogens with zero attached hydrogens (tertiary/aromatic N) is 3. The van der Waals surface area contributed by atoms with E-state index in [-0.39, 0.29) is 0 Å². The van der Waals surface area contributed by atoms with Crippen molar-refractivity contribution in [3.8, 4) is 56.4 Å². The molecule has 0 fully saturated rings. The molecule has 8 rings (SSSR count). The summed E-state index contributed by atoms with van der Waals surface area (Å²) in [6.07, 6.45) is 4.80. The first-order chi connectivity index (χ1) is 21.1. The van der Waals surface area contributed by atoms with Crippen LogP contribution in [0, 0.1) is 0 Å². The third-order valence-electron chi connectivity index (χ3n) is 8.40. The number of hydrogen-bond acceptors (Lipinski definition) is 3. The molecule has 7 aromatic rings. The van der Waals surface area contributed by atoms with Gasteiger partial charge in [-0.25, -0.2) is 15.0 Å². The van der Waals surface area contributed by atoms with E-state index in [1.54, 1.807) is 0 Å². The Hall–Kier alpha value is -5.06. The highest BCUT2D eigenvalue weighted by molar-refractivity contribution is 8.33. The van der Waals surface area contributed by atoms with Crippen LogP contribution in [0.15, 0.2) is 149 Å². The molecule has 0 amide bonds. The Morgan fingerprint density at radius 1 is 0.395 bits per heavy atom. The molecule has 0 bridgehead atoms. The first-order valence-corrected chi connectivity index (χ1v) is 16.9. The van der Waals surface area contributed by atoms with Gasteiger partial charge in [0.05, 0.1) is 0 Å². The lowest BCUT2D eigenvalue weighted by molar-refractivity contribution is 1.07. The van der Waals surface area contributed by atoms with Crippen molar-refractivity contribution < 1.29 is 0 Å². The summed E-state index contributed by atoms with van der Waals surface area (Å²) in [5.41, 5.74) is 7.87. The number of fused-ring (bicyclic) bond motifs is 4. The molecule has 0 saturated carbocycles. The van der Waals surface area contributed by atoms with Crippen LogP contribution in [0.25, 0.3) is 67.2 Å². The lowest BCUT2D eigenvalue weighted by Gasteiger charge is -2.28. The Labute approximate surface area is 253 Å². The highest BCUT2D eigenvalue weighted by atomic mass is 32.3. The topological polar surface area (TPSA) is 38.7 Å². The van der Waals surface area contributed by atoms with Gasteiger partial charge in [0, 0.05) is 32.0 Å². The fourth-order valence-corrected chi connectivity index (χ4v) is 8.68. The van der Waals surface area contributed by atoms with Crippen molar-refractivity contribution in [2.24, 2.45) is 0 Å². The van der Waals surface area contributed by atoms with Crippen LogP contribution in [-0.2, 0) is 0 Å². The Bertz CT molecular complexity index is 2140. The van der Waals surface area contributed by atoms with Gasteiger partial charge in [-0.15, -0.1) is 0 Å². The molecule has 0 spiro atoms. The summed E-state index contributed by atoms with van der Waals surface area (Å²) in [7, 11) is -1.21. The molecule has 0 radical (unpaired) electrons. The molecule has 1 aliphatic heterocycles. The predicted octanol–water partition coefficient (Wildman–Crippen LogP) is 10.2. The van der Waals surface area contributed by atoms with E-state index < -0.39 is 10.0 Å². The third-order valence-corrected chi connectivity index (χ3v) is 11.3. The molecule has 3 nitrogen and oxygen atoms in total. The maximum absolute atomic E-state index is 5.15. The first kappa shape index (κ1) is 25.6. The highest BCUT2D eigenvalue weighted by Gasteiger charge is 2.34. The summed E-state index contributed by atoms with van der Waals surface area (Å²) >= 11 is 0. The highest BCUT2D eigenvalue weighted by Crippen LogP contribution is 2.69. The minimum atomic E-state index is -1.21. The van der Waals surface area contributed by atoms with E-state index >= 15 is 0 Å². The Morgan fingerprint density at radius 2 is 0.907 bits per heavy atom. The van der Waals surface area contributed by atoms with Gasteiger partial charge in [-0.2, -0.15) is 10.0 Å². The number of hydrogen-bond donors (Lipinski definition) is 0. The van der Waals surface area contributed by atoms with E-state index in [0.717, 1.165) is 22.3 Å². The van der Waals surface area contributed by atoms with Gasteiger partial charge in [0.1, 0.15) is 0 Å². The summed E-state index contributed by atoms with van der Waals surface area (Å²) in [5, 5.41) is 2.53. The minimum Gasteiger partial charge on any atom is -0.208 e. The quantitative estimate of drug-likeness (QED) is 0.211. The van der Waals surface area contributed by atoms with Crippen molar-refractivity contribution in [1.29, 1.82) is 0 Å². The Kier molecular flexibility index (Phi) is 5.99. The van der Waals surface area contributed by atoms with Crippen molar-refractivity contribution in [2.45, 2.75) is 9.79 Å². The standard InChI is InChI=1S/C39H29N3S/c1-43(2)34-19-11-18-32(36(34)33-24-30-16-9-10-17-31(30)25-35(33)43)39-41-37(28-14-7-4-8-15-28)40-38(42-39)29-22-20-27(21-23-29)26-12-5-3-6-13-26/h3-25H,1-2H3. The maximum Gasteiger partial charge on any atom is 0.164 e. The van der Waals surface area contributed by atoms with Crippen molar-refractivity contribution in [3.05, 3.63) is 140 Å². The second-order valence-electron chi connectivity index (χ2n) is 11.3. The van der Waals surface area contributed by atoms with E-state index in [0.29, 0.717) is 17.5 Å². The second-order valence-corrected chi connectivity index (χ2v) is 14.8. The molecule has 0 saturated heterocycles. The van der Waals surface area contributed by atoms with Crippen LogP contribution in [-0.4, -0.2) is 27.5 Å². The van der Waals surface area contributed by atoms with Crippen molar-refractivity contribution in [1.82, 2.24) is 15.0 Å².